The van der Waals surface area contributed by atoms with Crippen molar-refractivity contribution in [2.24, 2.45) is 5.92 Å². The second-order valence-electron chi connectivity index (χ2n) is 3.20. The number of benzene rings is 1. The van der Waals surface area contributed by atoms with E-state index in [0.717, 1.165) is 6.07 Å². The molecule has 0 aromatic heterocycles. The summed E-state index contributed by atoms with van der Waals surface area (Å²) in [6.45, 7) is 1.74. The van der Waals surface area contributed by atoms with Gasteiger partial charge in [0.15, 0.2) is 0 Å². The minimum atomic E-state index is -0.721. The maximum Gasteiger partial charge on any atom is 0.241 e. The summed E-state index contributed by atoms with van der Waals surface area (Å²) in [5.41, 5.74) is 0.307. The zero-order valence-corrected chi connectivity index (χ0v) is 9.38. The summed E-state index contributed by atoms with van der Waals surface area (Å²) in [5.74, 6) is -1.63. The zero-order chi connectivity index (χ0) is 12.1. The second-order valence-corrected chi connectivity index (χ2v) is 3.61. The fourth-order valence-electron chi connectivity index (χ4n) is 1.15. The molecule has 1 aromatic carbocycles. The van der Waals surface area contributed by atoms with E-state index in [4.69, 9.17) is 16.9 Å². The third kappa shape index (κ3) is 2.94. The fraction of sp³-hybridized carbons (Fsp3) is 0.273. The van der Waals surface area contributed by atoms with Crippen LogP contribution in [0.3, 0.4) is 0 Å². The summed E-state index contributed by atoms with van der Waals surface area (Å²) in [7, 11) is 0. The topological polar surface area (TPSA) is 52.9 Å². The monoisotopic (exact) mass is 240 g/mol. The van der Waals surface area contributed by atoms with Crippen LogP contribution in [0.1, 0.15) is 13.3 Å². The Morgan fingerprint density at radius 1 is 1.69 bits per heavy atom. The Morgan fingerprint density at radius 3 is 2.88 bits per heavy atom. The van der Waals surface area contributed by atoms with Gasteiger partial charge in [-0.15, -0.1) is 0 Å². The quantitative estimate of drug-likeness (QED) is 0.883. The van der Waals surface area contributed by atoms with E-state index >= 15 is 0 Å². The van der Waals surface area contributed by atoms with Gasteiger partial charge in [0, 0.05) is 0 Å². The van der Waals surface area contributed by atoms with Gasteiger partial charge in [-0.05, 0) is 24.6 Å². The number of carbonyl (C=O) groups is 1. The van der Waals surface area contributed by atoms with Crippen LogP contribution in [0.2, 0.25) is 5.02 Å². The van der Waals surface area contributed by atoms with Crippen LogP contribution in [0.4, 0.5) is 10.1 Å². The lowest BCUT2D eigenvalue weighted by Gasteiger charge is -2.09. The molecule has 1 atom stereocenters. The van der Waals surface area contributed by atoms with E-state index in [1.54, 1.807) is 6.92 Å². The van der Waals surface area contributed by atoms with Gasteiger partial charge in [0.1, 0.15) is 11.7 Å². The summed E-state index contributed by atoms with van der Waals surface area (Å²) < 4.78 is 12.7. The normalized spacial score (nSPS) is 11.6. The predicted molar refractivity (Wildman–Crippen MR) is 59.4 cm³/mol. The van der Waals surface area contributed by atoms with Crippen LogP contribution in [0.5, 0.6) is 0 Å². The van der Waals surface area contributed by atoms with Crippen molar-refractivity contribution < 1.29 is 9.18 Å². The molecule has 0 radical (unpaired) electrons. The number of nitrogens with one attached hydrogen (secondary N) is 1. The minimum Gasteiger partial charge on any atom is -0.324 e. The van der Waals surface area contributed by atoms with Crippen molar-refractivity contribution in [2.45, 2.75) is 13.3 Å². The van der Waals surface area contributed by atoms with Crippen molar-refractivity contribution in [1.29, 1.82) is 5.26 Å². The van der Waals surface area contributed by atoms with Gasteiger partial charge in [0.05, 0.1) is 16.8 Å². The largest absolute Gasteiger partial charge is 0.324 e. The Morgan fingerprint density at radius 2 is 2.38 bits per heavy atom. The Balaban J connectivity index is 2.81. The number of amides is 1. The van der Waals surface area contributed by atoms with Crippen LogP contribution in [-0.2, 0) is 4.79 Å². The molecule has 16 heavy (non-hydrogen) atoms. The van der Waals surface area contributed by atoms with Crippen LogP contribution in [0, 0.1) is 23.1 Å². The first-order valence-electron chi connectivity index (χ1n) is 4.74. The summed E-state index contributed by atoms with van der Waals surface area (Å²) in [6, 6.07) is 5.53. The summed E-state index contributed by atoms with van der Waals surface area (Å²) in [6.07, 6.45) is 0.418. The minimum absolute atomic E-state index is 0.112. The van der Waals surface area contributed by atoms with Crippen molar-refractivity contribution >= 4 is 23.2 Å². The lowest BCUT2D eigenvalue weighted by atomic mass is 10.1. The third-order valence-corrected chi connectivity index (χ3v) is 2.38. The molecule has 1 N–H and O–H groups in total. The average molecular weight is 241 g/mol. The van der Waals surface area contributed by atoms with E-state index in [0.29, 0.717) is 12.1 Å². The first kappa shape index (κ1) is 12.5. The Bertz CT molecular complexity index is 442. The Kier molecular flexibility index (Phi) is 4.27. The number of halogens is 2. The molecule has 0 aliphatic rings. The van der Waals surface area contributed by atoms with Crippen molar-refractivity contribution in [3.05, 3.63) is 29.0 Å². The Hall–Kier alpha value is -1.60. The van der Waals surface area contributed by atoms with Gasteiger partial charge in [0.25, 0.3) is 0 Å². The van der Waals surface area contributed by atoms with Gasteiger partial charge in [-0.3, -0.25) is 4.79 Å². The second kappa shape index (κ2) is 5.47. The van der Waals surface area contributed by atoms with Gasteiger partial charge in [-0.1, -0.05) is 18.5 Å². The molecule has 1 rings (SSSR count). The van der Waals surface area contributed by atoms with Crippen LogP contribution < -0.4 is 5.32 Å². The highest BCUT2D eigenvalue weighted by molar-refractivity contribution is 6.33. The Labute approximate surface area is 97.8 Å². The molecule has 5 heteroatoms. The molecule has 0 heterocycles. The molecule has 84 valence electrons. The van der Waals surface area contributed by atoms with E-state index < -0.39 is 17.6 Å². The molecule has 0 aliphatic heterocycles. The molecule has 0 saturated heterocycles. The smallest absolute Gasteiger partial charge is 0.241 e. The zero-order valence-electron chi connectivity index (χ0n) is 8.63. The molecule has 0 aliphatic carbocycles. The summed E-state index contributed by atoms with van der Waals surface area (Å²) >= 11 is 5.73. The molecule has 1 unspecified atom stereocenters. The van der Waals surface area contributed by atoms with Crippen molar-refractivity contribution in [3.63, 3.8) is 0 Å². The van der Waals surface area contributed by atoms with Crippen molar-refractivity contribution in [3.8, 4) is 6.07 Å². The van der Waals surface area contributed by atoms with Crippen molar-refractivity contribution in [2.75, 3.05) is 5.32 Å². The number of anilines is 1. The standard InChI is InChI=1S/C11H10ClFN2O/c1-2-7(6-14)11(16)15-10-4-3-8(13)5-9(10)12/h3-5,7H,2H2,1H3,(H,15,16). The van der Waals surface area contributed by atoms with Crippen LogP contribution in [0.15, 0.2) is 18.2 Å². The predicted octanol–water partition coefficient (Wildman–Crippen LogP) is 2.97. The first-order valence-corrected chi connectivity index (χ1v) is 5.11. The van der Waals surface area contributed by atoms with E-state index in [1.807, 2.05) is 6.07 Å². The lowest BCUT2D eigenvalue weighted by molar-refractivity contribution is -0.118. The number of hydrogen-bond acceptors (Lipinski definition) is 2. The third-order valence-electron chi connectivity index (χ3n) is 2.07. The number of nitriles is 1. The maximum absolute atomic E-state index is 12.7. The SMILES string of the molecule is CCC(C#N)C(=O)Nc1ccc(F)cc1Cl. The van der Waals surface area contributed by atoms with E-state index in [1.165, 1.54) is 12.1 Å². The average Bonchev–Trinajstić information content (AvgIpc) is 2.24. The molecule has 0 spiro atoms. The molecular weight excluding hydrogens is 231 g/mol. The van der Waals surface area contributed by atoms with E-state index in [2.05, 4.69) is 5.32 Å². The van der Waals surface area contributed by atoms with Gasteiger partial charge in [0.2, 0.25) is 5.91 Å². The lowest BCUT2D eigenvalue weighted by Crippen LogP contribution is -2.21. The summed E-state index contributed by atoms with van der Waals surface area (Å²) in [4.78, 5) is 11.5. The molecule has 0 fully saturated rings. The van der Waals surface area contributed by atoms with E-state index in [-0.39, 0.29) is 5.02 Å². The molecule has 0 saturated carbocycles. The highest BCUT2D eigenvalue weighted by Gasteiger charge is 2.16. The van der Waals surface area contributed by atoms with Crippen LogP contribution in [-0.4, -0.2) is 5.91 Å². The van der Waals surface area contributed by atoms with Gasteiger partial charge >= 0.3 is 0 Å². The molecule has 0 bridgehead atoms. The van der Waals surface area contributed by atoms with Gasteiger partial charge in [-0.2, -0.15) is 5.26 Å². The molecule has 1 amide bonds. The first-order chi connectivity index (χ1) is 7.58. The van der Waals surface area contributed by atoms with Crippen molar-refractivity contribution in [1.82, 2.24) is 0 Å². The molecular formula is C11H10ClFN2O. The van der Waals surface area contributed by atoms with Gasteiger partial charge in [-0.25, -0.2) is 4.39 Å². The van der Waals surface area contributed by atoms with Gasteiger partial charge < -0.3 is 5.32 Å². The number of carbonyl (C=O) groups excluding carboxylic acids is 1. The van der Waals surface area contributed by atoms with Crippen LogP contribution >= 0.6 is 11.6 Å². The molecule has 3 nitrogen and oxygen atoms in total. The number of hydrogen-bond donors (Lipinski definition) is 1. The van der Waals surface area contributed by atoms with Crippen LogP contribution in [0.25, 0.3) is 0 Å². The highest BCUT2D eigenvalue weighted by atomic mass is 35.5. The summed E-state index contributed by atoms with van der Waals surface area (Å²) in [5, 5.41) is 11.3. The molecule has 1 aromatic rings. The maximum atomic E-state index is 12.7. The van der Waals surface area contributed by atoms with E-state index in [9.17, 15) is 9.18 Å². The highest BCUT2D eigenvalue weighted by Crippen LogP contribution is 2.23. The fourth-order valence-corrected chi connectivity index (χ4v) is 1.36. The number of rotatable bonds is 3. The number of nitrogens with zero attached hydrogens (tertiary/aromatic N) is 1.